The molecule has 0 bridgehead atoms. The quantitative estimate of drug-likeness (QED) is 0.848. The van der Waals surface area contributed by atoms with Gasteiger partial charge in [0.15, 0.2) is 0 Å². The van der Waals surface area contributed by atoms with E-state index >= 15 is 0 Å². The third-order valence-electron chi connectivity index (χ3n) is 4.43. The molecule has 2 nitrogen and oxygen atoms in total. The first-order chi connectivity index (χ1) is 10.1. The Labute approximate surface area is 131 Å². The molecule has 3 rings (SSSR count). The lowest BCUT2D eigenvalue weighted by Gasteiger charge is -2.41. The maximum atomic E-state index is 10.2. The molecule has 0 fully saturated rings. The van der Waals surface area contributed by atoms with Gasteiger partial charge in [-0.2, -0.15) is 0 Å². The Morgan fingerprint density at radius 2 is 2.00 bits per heavy atom. The van der Waals surface area contributed by atoms with Gasteiger partial charge in [-0.3, -0.25) is 0 Å². The van der Waals surface area contributed by atoms with Crippen LogP contribution in [0, 0.1) is 0 Å². The van der Waals surface area contributed by atoms with Crippen molar-refractivity contribution in [3.05, 3.63) is 58.6 Å². The van der Waals surface area contributed by atoms with Crippen molar-refractivity contribution in [2.75, 3.05) is 4.90 Å². The van der Waals surface area contributed by atoms with E-state index in [0.29, 0.717) is 16.8 Å². The van der Waals surface area contributed by atoms with Gasteiger partial charge >= 0.3 is 0 Å². The minimum absolute atomic E-state index is 0.0835. The summed E-state index contributed by atoms with van der Waals surface area (Å²) in [6, 6.07) is 14.3. The largest absolute Gasteiger partial charge is 0.508 e. The minimum Gasteiger partial charge on any atom is -0.508 e. The van der Waals surface area contributed by atoms with E-state index in [0.717, 1.165) is 18.4 Å². The summed E-state index contributed by atoms with van der Waals surface area (Å²) in [7, 11) is 0. The number of benzene rings is 2. The van der Waals surface area contributed by atoms with E-state index in [-0.39, 0.29) is 6.04 Å². The number of anilines is 1. The van der Waals surface area contributed by atoms with Gasteiger partial charge in [-0.1, -0.05) is 29.8 Å². The van der Waals surface area contributed by atoms with Gasteiger partial charge in [-0.05, 0) is 56.5 Å². The summed E-state index contributed by atoms with van der Waals surface area (Å²) >= 11 is 6.11. The predicted molar refractivity (Wildman–Crippen MR) is 88.2 cm³/mol. The predicted octanol–water partition coefficient (Wildman–Crippen LogP) is 4.95. The van der Waals surface area contributed by atoms with Gasteiger partial charge < -0.3 is 10.0 Å². The molecule has 0 spiro atoms. The van der Waals surface area contributed by atoms with Crippen molar-refractivity contribution in [2.45, 2.75) is 38.8 Å². The summed E-state index contributed by atoms with van der Waals surface area (Å²) in [4.78, 5) is 2.39. The summed E-state index contributed by atoms with van der Waals surface area (Å²) in [6.45, 7) is 4.37. The zero-order valence-electron chi connectivity index (χ0n) is 12.4. The van der Waals surface area contributed by atoms with Crippen molar-refractivity contribution in [1.29, 1.82) is 0 Å². The van der Waals surface area contributed by atoms with Crippen LogP contribution in [0.2, 0.25) is 5.02 Å². The Balaban J connectivity index is 2.04. The summed E-state index contributed by atoms with van der Waals surface area (Å²) in [5, 5.41) is 10.8. The first-order valence-electron chi connectivity index (χ1n) is 7.42. The molecule has 3 heteroatoms. The van der Waals surface area contributed by atoms with Crippen LogP contribution in [0.5, 0.6) is 5.75 Å². The van der Waals surface area contributed by atoms with Gasteiger partial charge in [0.25, 0.3) is 0 Å². The Morgan fingerprint density at radius 3 is 2.81 bits per heavy atom. The Morgan fingerprint density at radius 1 is 1.24 bits per heavy atom. The van der Waals surface area contributed by atoms with Crippen LogP contribution in [-0.2, 0) is 6.42 Å². The minimum atomic E-state index is 0.0835. The molecule has 1 aliphatic rings. The van der Waals surface area contributed by atoms with Gasteiger partial charge in [0.1, 0.15) is 5.75 Å². The van der Waals surface area contributed by atoms with E-state index in [1.54, 1.807) is 12.1 Å². The summed E-state index contributed by atoms with van der Waals surface area (Å²) in [5.41, 5.74) is 3.53. The topological polar surface area (TPSA) is 23.5 Å². The highest BCUT2D eigenvalue weighted by molar-refractivity contribution is 6.30. The molecule has 2 unspecified atom stereocenters. The molecule has 1 aliphatic heterocycles. The second-order valence-electron chi connectivity index (χ2n) is 5.80. The highest BCUT2D eigenvalue weighted by Gasteiger charge is 2.28. The number of hydrogen-bond donors (Lipinski definition) is 1. The number of aryl methyl sites for hydroxylation is 1. The van der Waals surface area contributed by atoms with Crippen LogP contribution in [0.4, 0.5) is 5.69 Å². The van der Waals surface area contributed by atoms with Crippen molar-refractivity contribution in [2.24, 2.45) is 0 Å². The molecular weight excluding hydrogens is 282 g/mol. The van der Waals surface area contributed by atoms with Crippen LogP contribution in [0.1, 0.15) is 37.4 Å². The summed E-state index contributed by atoms with van der Waals surface area (Å²) in [6.07, 6.45) is 2.24. The van der Waals surface area contributed by atoms with Gasteiger partial charge in [0.05, 0.1) is 6.04 Å². The number of phenols is 1. The third-order valence-corrected chi connectivity index (χ3v) is 4.67. The lowest BCUT2D eigenvalue weighted by molar-refractivity contribution is 0.450. The van der Waals surface area contributed by atoms with E-state index in [1.165, 1.54) is 11.3 Å². The summed E-state index contributed by atoms with van der Waals surface area (Å²) < 4.78 is 0. The first-order valence-corrected chi connectivity index (χ1v) is 7.80. The molecule has 1 N–H and O–H groups in total. The molecule has 0 amide bonds. The lowest BCUT2D eigenvalue weighted by atomic mass is 9.93. The van der Waals surface area contributed by atoms with Crippen molar-refractivity contribution in [1.82, 2.24) is 0 Å². The average Bonchev–Trinajstić information content (AvgIpc) is 2.49. The molecule has 0 aliphatic carbocycles. The average molecular weight is 302 g/mol. The second-order valence-corrected chi connectivity index (χ2v) is 6.24. The molecular formula is C18H20ClNO. The maximum Gasteiger partial charge on any atom is 0.120 e. The van der Waals surface area contributed by atoms with Crippen LogP contribution < -0.4 is 4.90 Å². The zero-order chi connectivity index (χ0) is 15.0. The van der Waals surface area contributed by atoms with Crippen LogP contribution in [0.3, 0.4) is 0 Å². The standard InChI is InChI=1S/C18H20ClNO/c1-12-7-8-14-5-3-4-6-17(14)20(12)13(2)16-11-15(19)9-10-18(16)21/h3-6,9-13,21H,7-8H2,1-2H3. The first kappa shape index (κ1) is 14.3. The van der Waals surface area contributed by atoms with E-state index in [1.807, 2.05) is 6.07 Å². The van der Waals surface area contributed by atoms with E-state index in [9.17, 15) is 5.11 Å². The highest BCUT2D eigenvalue weighted by atomic mass is 35.5. The zero-order valence-corrected chi connectivity index (χ0v) is 13.1. The fraction of sp³-hybridized carbons (Fsp3) is 0.333. The van der Waals surface area contributed by atoms with Crippen LogP contribution in [0.25, 0.3) is 0 Å². The van der Waals surface area contributed by atoms with Crippen molar-refractivity contribution >= 4 is 17.3 Å². The van der Waals surface area contributed by atoms with Crippen LogP contribution >= 0.6 is 11.6 Å². The number of halogens is 1. The molecule has 0 saturated heterocycles. The molecule has 21 heavy (non-hydrogen) atoms. The molecule has 1 heterocycles. The molecule has 2 aromatic rings. The normalized spacial score (nSPS) is 19.2. The molecule has 110 valence electrons. The van der Waals surface area contributed by atoms with Crippen LogP contribution in [-0.4, -0.2) is 11.1 Å². The summed E-state index contributed by atoms with van der Waals surface area (Å²) in [5.74, 6) is 0.308. The second kappa shape index (κ2) is 5.61. The Kier molecular flexibility index (Phi) is 3.81. The number of hydrogen-bond acceptors (Lipinski definition) is 2. The molecule has 0 aromatic heterocycles. The van der Waals surface area contributed by atoms with E-state index in [4.69, 9.17) is 11.6 Å². The van der Waals surface area contributed by atoms with Gasteiger partial charge in [-0.25, -0.2) is 0 Å². The number of fused-ring (bicyclic) bond motifs is 1. The molecule has 0 saturated carbocycles. The number of para-hydroxylation sites is 1. The van der Waals surface area contributed by atoms with E-state index < -0.39 is 0 Å². The lowest BCUT2D eigenvalue weighted by Crippen LogP contribution is -2.39. The molecule has 2 atom stereocenters. The molecule has 0 radical (unpaired) electrons. The number of phenolic OH excluding ortho intramolecular Hbond substituents is 1. The monoisotopic (exact) mass is 301 g/mol. The number of rotatable bonds is 2. The van der Waals surface area contributed by atoms with Gasteiger partial charge in [0, 0.05) is 22.3 Å². The third kappa shape index (κ3) is 2.60. The van der Waals surface area contributed by atoms with Crippen LogP contribution in [0.15, 0.2) is 42.5 Å². The fourth-order valence-corrected chi connectivity index (χ4v) is 3.50. The molecule has 2 aromatic carbocycles. The SMILES string of the molecule is CC1CCc2ccccc2N1C(C)c1cc(Cl)ccc1O. The fourth-order valence-electron chi connectivity index (χ4n) is 3.32. The van der Waals surface area contributed by atoms with E-state index in [2.05, 4.69) is 43.0 Å². The maximum absolute atomic E-state index is 10.2. The van der Waals surface area contributed by atoms with Gasteiger partial charge in [-0.15, -0.1) is 0 Å². The Hall–Kier alpha value is -1.67. The van der Waals surface area contributed by atoms with Crippen molar-refractivity contribution in [3.8, 4) is 5.75 Å². The van der Waals surface area contributed by atoms with Crippen molar-refractivity contribution in [3.63, 3.8) is 0 Å². The number of aromatic hydroxyl groups is 1. The van der Waals surface area contributed by atoms with Crippen molar-refractivity contribution < 1.29 is 5.11 Å². The number of nitrogens with zero attached hydrogens (tertiary/aromatic N) is 1. The highest BCUT2D eigenvalue weighted by Crippen LogP contribution is 2.39. The van der Waals surface area contributed by atoms with Gasteiger partial charge in [0.2, 0.25) is 0 Å². The Bertz CT molecular complexity index is 655. The smallest absolute Gasteiger partial charge is 0.120 e.